The molecule has 0 atom stereocenters. The zero-order valence-corrected chi connectivity index (χ0v) is 9.50. The van der Waals surface area contributed by atoms with Crippen LogP contribution >= 0.6 is 0 Å². The number of anilines is 1. The van der Waals surface area contributed by atoms with Gasteiger partial charge in [0.1, 0.15) is 0 Å². The smallest absolute Gasteiger partial charge is 0.156 e. The molecular formula is C13H15N3O. The first kappa shape index (κ1) is 10.5. The lowest BCUT2D eigenvalue weighted by Crippen LogP contribution is -2.33. The van der Waals surface area contributed by atoms with Crippen molar-refractivity contribution in [2.24, 2.45) is 5.92 Å². The minimum Gasteiger partial charge on any atom is -0.393 e. The molecule has 0 aliphatic heterocycles. The molecule has 2 aromatic rings. The van der Waals surface area contributed by atoms with E-state index in [1.54, 1.807) is 6.20 Å². The largest absolute Gasteiger partial charge is 0.393 e. The SMILES string of the molecule is OC1CC(CNc2nncc3ccccc23)C1. The van der Waals surface area contributed by atoms with Gasteiger partial charge in [-0.1, -0.05) is 24.3 Å². The second-order valence-electron chi connectivity index (χ2n) is 4.65. The average Bonchev–Trinajstić information content (AvgIpc) is 2.33. The Labute approximate surface area is 99.7 Å². The van der Waals surface area contributed by atoms with Crippen molar-refractivity contribution in [2.75, 3.05) is 11.9 Å². The fraction of sp³-hybridized carbons (Fsp3) is 0.385. The Hall–Kier alpha value is -1.68. The molecule has 0 spiro atoms. The Morgan fingerprint density at radius 1 is 1.29 bits per heavy atom. The summed E-state index contributed by atoms with van der Waals surface area (Å²) < 4.78 is 0. The maximum Gasteiger partial charge on any atom is 0.156 e. The van der Waals surface area contributed by atoms with Crippen LogP contribution in [0.4, 0.5) is 5.82 Å². The van der Waals surface area contributed by atoms with Crippen LogP contribution in [0.1, 0.15) is 12.8 Å². The summed E-state index contributed by atoms with van der Waals surface area (Å²) in [5.74, 6) is 1.40. The lowest BCUT2D eigenvalue weighted by Gasteiger charge is -2.31. The van der Waals surface area contributed by atoms with E-state index in [0.29, 0.717) is 5.92 Å². The third-order valence-electron chi connectivity index (χ3n) is 3.34. The monoisotopic (exact) mass is 229 g/mol. The van der Waals surface area contributed by atoms with Gasteiger partial charge < -0.3 is 10.4 Å². The summed E-state index contributed by atoms with van der Waals surface area (Å²) in [6.45, 7) is 0.861. The lowest BCUT2D eigenvalue weighted by molar-refractivity contribution is 0.0486. The van der Waals surface area contributed by atoms with Crippen LogP contribution in [0, 0.1) is 5.92 Å². The molecule has 4 nitrogen and oxygen atoms in total. The molecule has 1 fully saturated rings. The maximum absolute atomic E-state index is 9.23. The number of aliphatic hydroxyl groups excluding tert-OH is 1. The van der Waals surface area contributed by atoms with Gasteiger partial charge in [-0.3, -0.25) is 0 Å². The zero-order chi connectivity index (χ0) is 11.7. The molecule has 0 radical (unpaired) electrons. The van der Waals surface area contributed by atoms with E-state index in [1.165, 1.54) is 0 Å². The van der Waals surface area contributed by atoms with Gasteiger partial charge in [0.15, 0.2) is 5.82 Å². The van der Waals surface area contributed by atoms with Crippen LogP contribution in [0.15, 0.2) is 30.5 Å². The van der Waals surface area contributed by atoms with Gasteiger partial charge in [-0.2, -0.15) is 5.10 Å². The summed E-state index contributed by atoms with van der Waals surface area (Å²) in [5, 5.41) is 22.9. The van der Waals surface area contributed by atoms with Gasteiger partial charge in [0.05, 0.1) is 12.3 Å². The molecule has 1 aliphatic rings. The average molecular weight is 229 g/mol. The molecule has 1 aromatic heterocycles. The van der Waals surface area contributed by atoms with E-state index < -0.39 is 0 Å². The predicted octanol–water partition coefficient (Wildman–Crippen LogP) is 1.81. The van der Waals surface area contributed by atoms with E-state index in [2.05, 4.69) is 15.5 Å². The number of fused-ring (bicyclic) bond motifs is 1. The highest BCUT2D eigenvalue weighted by molar-refractivity contribution is 5.90. The number of hydrogen-bond donors (Lipinski definition) is 2. The summed E-state index contributed by atoms with van der Waals surface area (Å²) in [5.41, 5.74) is 0. The number of nitrogens with one attached hydrogen (secondary N) is 1. The number of benzene rings is 1. The van der Waals surface area contributed by atoms with E-state index in [4.69, 9.17) is 0 Å². The number of hydrogen-bond acceptors (Lipinski definition) is 4. The van der Waals surface area contributed by atoms with Crippen LogP contribution in [-0.4, -0.2) is 28.0 Å². The molecular weight excluding hydrogens is 214 g/mol. The Morgan fingerprint density at radius 3 is 2.94 bits per heavy atom. The second-order valence-corrected chi connectivity index (χ2v) is 4.65. The van der Waals surface area contributed by atoms with E-state index in [1.807, 2.05) is 24.3 Å². The zero-order valence-electron chi connectivity index (χ0n) is 9.50. The highest BCUT2D eigenvalue weighted by atomic mass is 16.3. The second kappa shape index (κ2) is 4.30. The molecule has 1 aliphatic carbocycles. The first-order chi connectivity index (χ1) is 8.33. The Balaban J connectivity index is 1.76. The molecule has 0 unspecified atom stereocenters. The van der Waals surface area contributed by atoms with E-state index >= 15 is 0 Å². The minimum atomic E-state index is -0.0969. The molecule has 1 heterocycles. The summed E-state index contributed by atoms with van der Waals surface area (Å²) in [7, 11) is 0. The number of aromatic nitrogens is 2. The Bertz CT molecular complexity index is 518. The van der Waals surface area contributed by atoms with Crippen LogP contribution in [0.2, 0.25) is 0 Å². The third-order valence-corrected chi connectivity index (χ3v) is 3.34. The summed E-state index contributed by atoms with van der Waals surface area (Å²) in [4.78, 5) is 0. The van der Waals surface area contributed by atoms with Crippen molar-refractivity contribution in [1.29, 1.82) is 0 Å². The standard InChI is InChI=1S/C13H15N3O/c17-11-5-9(6-11)7-14-13-12-4-2-1-3-10(12)8-15-16-13/h1-4,8-9,11,17H,5-7H2,(H,14,16). The molecule has 2 N–H and O–H groups in total. The van der Waals surface area contributed by atoms with Gasteiger partial charge in [-0.15, -0.1) is 5.10 Å². The molecule has 88 valence electrons. The lowest BCUT2D eigenvalue weighted by atomic mass is 9.82. The molecule has 17 heavy (non-hydrogen) atoms. The highest BCUT2D eigenvalue weighted by Gasteiger charge is 2.26. The summed E-state index contributed by atoms with van der Waals surface area (Å²) in [6.07, 6.45) is 3.46. The van der Waals surface area contributed by atoms with Crippen LogP contribution in [0.3, 0.4) is 0 Å². The topological polar surface area (TPSA) is 58.0 Å². The maximum atomic E-state index is 9.23. The first-order valence-corrected chi connectivity index (χ1v) is 5.95. The molecule has 3 rings (SSSR count). The first-order valence-electron chi connectivity index (χ1n) is 5.95. The normalized spacial score (nSPS) is 23.4. The van der Waals surface area contributed by atoms with Crippen LogP contribution < -0.4 is 5.32 Å². The number of nitrogens with zero attached hydrogens (tertiary/aromatic N) is 2. The molecule has 0 bridgehead atoms. The molecule has 0 amide bonds. The summed E-state index contributed by atoms with van der Waals surface area (Å²) >= 11 is 0. The van der Waals surface area contributed by atoms with E-state index in [9.17, 15) is 5.11 Å². The van der Waals surface area contributed by atoms with E-state index in [0.717, 1.165) is 36.0 Å². The van der Waals surface area contributed by atoms with Crippen molar-refractivity contribution in [3.05, 3.63) is 30.5 Å². The Kier molecular flexibility index (Phi) is 2.65. The van der Waals surface area contributed by atoms with Crippen molar-refractivity contribution in [1.82, 2.24) is 10.2 Å². The summed E-state index contributed by atoms with van der Waals surface area (Å²) in [6, 6.07) is 8.07. The van der Waals surface area contributed by atoms with Crippen LogP contribution in [-0.2, 0) is 0 Å². The molecule has 0 saturated heterocycles. The van der Waals surface area contributed by atoms with Gasteiger partial charge in [0.2, 0.25) is 0 Å². The van der Waals surface area contributed by atoms with Gasteiger partial charge in [0.25, 0.3) is 0 Å². The third kappa shape index (κ3) is 2.08. The van der Waals surface area contributed by atoms with Crippen molar-refractivity contribution >= 4 is 16.6 Å². The molecule has 4 heteroatoms. The van der Waals surface area contributed by atoms with Crippen molar-refractivity contribution < 1.29 is 5.11 Å². The van der Waals surface area contributed by atoms with Gasteiger partial charge in [0, 0.05) is 17.3 Å². The highest BCUT2D eigenvalue weighted by Crippen LogP contribution is 2.28. The predicted molar refractivity (Wildman–Crippen MR) is 66.8 cm³/mol. The minimum absolute atomic E-state index is 0.0969. The van der Waals surface area contributed by atoms with E-state index in [-0.39, 0.29) is 6.10 Å². The number of aliphatic hydroxyl groups is 1. The molecule has 1 saturated carbocycles. The Morgan fingerprint density at radius 2 is 2.12 bits per heavy atom. The van der Waals surface area contributed by atoms with Crippen molar-refractivity contribution in [2.45, 2.75) is 18.9 Å². The van der Waals surface area contributed by atoms with Crippen LogP contribution in [0.5, 0.6) is 0 Å². The van der Waals surface area contributed by atoms with Gasteiger partial charge >= 0.3 is 0 Å². The van der Waals surface area contributed by atoms with Crippen molar-refractivity contribution in [3.63, 3.8) is 0 Å². The quantitative estimate of drug-likeness (QED) is 0.842. The fourth-order valence-electron chi connectivity index (χ4n) is 2.27. The molecule has 1 aromatic carbocycles. The van der Waals surface area contributed by atoms with Gasteiger partial charge in [-0.05, 0) is 18.8 Å². The van der Waals surface area contributed by atoms with Crippen molar-refractivity contribution in [3.8, 4) is 0 Å². The fourth-order valence-corrected chi connectivity index (χ4v) is 2.27. The van der Waals surface area contributed by atoms with Gasteiger partial charge in [-0.25, -0.2) is 0 Å². The number of rotatable bonds is 3. The van der Waals surface area contributed by atoms with Crippen LogP contribution in [0.25, 0.3) is 10.8 Å².